The van der Waals surface area contributed by atoms with E-state index in [-0.39, 0.29) is 11.7 Å². The van der Waals surface area contributed by atoms with Crippen molar-refractivity contribution < 1.29 is 9.18 Å². The van der Waals surface area contributed by atoms with Gasteiger partial charge in [0.05, 0.1) is 11.4 Å². The molecule has 0 fully saturated rings. The number of aryl methyl sites for hydroxylation is 1. The van der Waals surface area contributed by atoms with Crippen LogP contribution in [0, 0.1) is 12.7 Å². The summed E-state index contributed by atoms with van der Waals surface area (Å²) < 4.78 is 13.4. The first-order chi connectivity index (χ1) is 7.61. The van der Waals surface area contributed by atoms with Gasteiger partial charge in [0.15, 0.2) is 0 Å². The maximum atomic E-state index is 13.4. The Bertz CT molecular complexity index is 431. The number of amides is 1. The van der Waals surface area contributed by atoms with Crippen LogP contribution in [0.15, 0.2) is 12.1 Å². The summed E-state index contributed by atoms with van der Waals surface area (Å²) in [5.41, 5.74) is 2.09. The smallest absolute Gasteiger partial charge is 0.226 e. The Labute approximate surface area is 94.3 Å². The van der Waals surface area contributed by atoms with Gasteiger partial charge in [-0.3, -0.25) is 4.79 Å². The van der Waals surface area contributed by atoms with Gasteiger partial charge in [-0.1, -0.05) is 0 Å². The molecule has 0 bridgehead atoms. The Kier molecular flexibility index (Phi) is 2.81. The molecule has 1 aliphatic rings. The molecule has 1 N–H and O–H groups in total. The van der Waals surface area contributed by atoms with Crippen molar-refractivity contribution in [2.45, 2.75) is 20.3 Å². The van der Waals surface area contributed by atoms with E-state index in [2.05, 4.69) is 10.2 Å². The second kappa shape index (κ2) is 4.12. The molecule has 1 amide bonds. The zero-order valence-electron chi connectivity index (χ0n) is 9.51. The van der Waals surface area contributed by atoms with Crippen LogP contribution < -0.4 is 10.2 Å². The highest BCUT2D eigenvalue weighted by Gasteiger charge is 2.19. The zero-order chi connectivity index (χ0) is 11.7. The maximum absolute atomic E-state index is 13.4. The lowest BCUT2D eigenvalue weighted by Crippen LogP contribution is -2.23. The van der Waals surface area contributed by atoms with E-state index in [9.17, 15) is 9.18 Å². The molecule has 3 nitrogen and oxygen atoms in total. The Balaban J connectivity index is 2.51. The summed E-state index contributed by atoms with van der Waals surface area (Å²) in [6, 6.07) is 3.19. The minimum atomic E-state index is -0.281. The van der Waals surface area contributed by atoms with Gasteiger partial charge in [-0.25, -0.2) is 4.39 Å². The molecule has 4 heteroatoms. The van der Waals surface area contributed by atoms with Crippen molar-refractivity contribution >= 4 is 17.3 Å². The van der Waals surface area contributed by atoms with E-state index in [1.54, 1.807) is 13.0 Å². The monoisotopic (exact) mass is 222 g/mol. The average molecular weight is 222 g/mol. The average Bonchev–Trinajstić information content (AvgIpc) is 2.38. The minimum absolute atomic E-state index is 0.0551. The summed E-state index contributed by atoms with van der Waals surface area (Å²) in [4.78, 5) is 13.5. The molecule has 0 saturated carbocycles. The van der Waals surface area contributed by atoms with Crippen LogP contribution in [0.3, 0.4) is 0 Å². The first kappa shape index (κ1) is 10.9. The molecule has 86 valence electrons. The number of nitrogens with one attached hydrogen (secondary N) is 1. The van der Waals surface area contributed by atoms with Crippen molar-refractivity contribution in [2.24, 2.45) is 0 Å². The second-order valence-corrected chi connectivity index (χ2v) is 4.00. The normalized spacial score (nSPS) is 15.4. The third kappa shape index (κ3) is 1.87. The van der Waals surface area contributed by atoms with Crippen LogP contribution in [0.2, 0.25) is 0 Å². The molecule has 1 heterocycles. The fourth-order valence-corrected chi connectivity index (χ4v) is 1.93. The van der Waals surface area contributed by atoms with Crippen LogP contribution >= 0.6 is 0 Å². The van der Waals surface area contributed by atoms with Crippen molar-refractivity contribution in [2.75, 3.05) is 23.3 Å². The molecule has 0 spiro atoms. The first-order valence-corrected chi connectivity index (χ1v) is 5.46. The molecular weight excluding hydrogens is 207 g/mol. The Hall–Kier alpha value is -1.58. The lowest BCUT2D eigenvalue weighted by molar-refractivity contribution is -0.115. The van der Waals surface area contributed by atoms with Gasteiger partial charge in [0.2, 0.25) is 5.91 Å². The number of hydrogen-bond donors (Lipinski definition) is 1. The molecule has 1 aliphatic heterocycles. The number of anilines is 2. The number of halogens is 1. The van der Waals surface area contributed by atoms with Crippen LogP contribution in [-0.4, -0.2) is 19.0 Å². The minimum Gasteiger partial charge on any atom is -0.370 e. The lowest BCUT2D eigenvalue weighted by Gasteiger charge is -2.22. The number of benzene rings is 1. The van der Waals surface area contributed by atoms with Gasteiger partial charge in [-0.15, -0.1) is 0 Å². The summed E-state index contributed by atoms with van der Waals surface area (Å²) in [7, 11) is 0. The Morgan fingerprint density at radius 2 is 2.25 bits per heavy atom. The number of nitrogens with zero attached hydrogens (tertiary/aromatic N) is 1. The summed E-state index contributed by atoms with van der Waals surface area (Å²) in [5, 5.41) is 2.73. The van der Waals surface area contributed by atoms with Gasteiger partial charge >= 0.3 is 0 Å². The van der Waals surface area contributed by atoms with E-state index in [4.69, 9.17) is 0 Å². The highest BCUT2D eigenvalue weighted by atomic mass is 19.1. The molecule has 0 aromatic heterocycles. The van der Waals surface area contributed by atoms with Crippen LogP contribution in [0.4, 0.5) is 15.8 Å². The van der Waals surface area contributed by atoms with Crippen LogP contribution in [0.25, 0.3) is 0 Å². The van der Waals surface area contributed by atoms with Gasteiger partial charge in [0.25, 0.3) is 0 Å². The molecular formula is C12H15FN2O. The molecule has 1 aromatic rings. The van der Waals surface area contributed by atoms with Gasteiger partial charge in [0.1, 0.15) is 5.82 Å². The Morgan fingerprint density at radius 3 is 2.94 bits per heavy atom. The van der Waals surface area contributed by atoms with Crippen molar-refractivity contribution in [3.8, 4) is 0 Å². The number of carbonyl (C=O) groups is 1. The van der Waals surface area contributed by atoms with Crippen molar-refractivity contribution in [1.29, 1.82) is 0 Å². The highest BCUT2D eigenvalue weighted by Crippen LogP contribution is 2.31. The van der Waals surface area contributed by atoms with Crippen molar-refractivity contribution in [3.05, 3.63) is 23.5 Å². The SMILES string of the molecule is CCN1CCC(=O)Nc2cc(F)c(C)cc21. The second-order valence-electron chi connectivity index (χ2n) is 4.00. The van der Waals surface area contributed by atoms with E-state index in [1.165, 1.54) is 6.07 Å². The van der Waals surface area contributed by atoms with Gasteiger partial charge in [-0.2, -0.15) is 0 Å². The molecule has 1 aromatic carbocycles. The number of hydrogen-bond acceptors (Lipinski definition) is 2. The zero-order valence-corrected chi connectivity index (χ0v) is 9.51. The van der Waals surface area contributed by atoms with Crippen molar-refractivity contribution in [3.63, 3.8) is 0 Å². The summed E-state index contributed by atoms with van der Waals surface area (Å²) in [6.45, 7) is 5.25. The van der Waals surface area contributed by atoms with E-state index < -0.39 is 0 Å². The van der Waals surface area contributed by atoms with Crippen LogP contribution in [0.5, 0.6) is 0 Å². The van der Waals surface area contributed by atoms with Crippen molar-refractivity contribution in [1.82, 2.24) is 0 Å². The quantitative estimate of drug-likeness (QED) is 0.790. The molecule has 0 saturated heterocycles. The number of fused-ring (bicyclic) bond motifs is 1. The van der Waals surface area contributed by atoms with E-state index in [1.807, 2.05) is 6.92 Å². The lowest BCUT2D eigenvalue weighted by atomic mass is 10.1. The van der Waals surface area contributed by atoms with E-state index in [0.717, 1.165) is 12.2 Å². The molecule has 0 radical (unpaired) electrons. The number of carbonyl (C=O) groups excluding carboxylic acids is 1. The summed E-state index contributed by atoms with van der Waals surface area (Å²) in [6.07, 6.45) is 0.448. The first-order valence-electron chi connectivity index (χ1n) is 5.46. The van der Waals surface area contributed by atoms with Crippen LogP contribution in [-0.2, 0) is 4.79 Å². The summed E-state index contributed by atoms with van der Waals surface area (Å²) in [5.74, 6) is -0.336. The topological polar surface area (TPSA) is 32.3 Å². The molecule has 0 atom stereocenters. The highest BCUT2D eigenvalue weighted by molar-refractivity contribution is 5.96. The fraction of sp³-hybridized carbons (Fsp3) is 0.417. The molecule has 0 unspecified atom stereocenters. The molecule has 0 aliphatic carbocycles. The third-order valence-electron chi connectivity index (χ3n) is 2.88. The van der Waals surface area contributed by atoms with E-state index in [0.29, 0.717) is 24.2 Å². The Morgan fingerprint density at radius 1 is 1.50 bits per heavy atom. The van der Waals surface area contributed by atoms with Gasteiger partial charge in [0, 0.05) is 19.5 Å². The van der Waals surface area contributed by atoms with Gasteiger partial charge in [-0.05, 0) is 31.5 Å². The molecule has 2 rings (SSSR count). The maximum Gasteiger partial charge on any atom is 0.226 e. The van der Waals surface area contributed by atoms with Crippen LogP contribution in [0.1, 0.15) is 18.9 Å². The summed E-state index contributed by atoms with van der Waals surface area (Å²) >= 11 is 0. The fourth-order valence-electron chi connectivity index (χ4n) is 1.93. The predicted molar refractivity (Wildman–Crippen MR) is 62.3 cm³/mol. The third-order valence-corrected chi connectivity index (χ3v) is 2.88. The standard InChI is InChI=1S/C12H15FN2O/c1-3-15-5-4-12(16)14-10-7-9(13)8(2)6-11(10)15/h6-7H,3-5H2,1-2H3,(H,14,16). The number of rotatable bonds is 1. The predicted octanol–water partition coefficient (Wildman–Crippen LogP) is 2.30. The van der Waals surface area contributed by atoms with E-state index >= 15 is 0 Å². The molecule has 16 heavy (non-hydrogen) atoms. The van der Waals surface area contributed by atoms with Gasteiger partial charge < -0.3 is 10.2 Å². The largest absolute Gasteiger partial charge is 0.370 e.